The summed E-state index contributed by atoms with van der Waals surface area (Å²) >= 11 is 0. The normalized spacial score (nSPS) is 18.2. The molecule has 5 heteroatoms. The number of rotatable bonds is 2. The van der Waals surface area contributed by atoms with Gasteiger partial charge in [0.25, 0.3) is 5.91 Å². The van der Waals surface area contributed by atoms with Crippen molar-refractivity contribution >= 4 is 17.7 Å². The molecule has 0 bridgehead atoms. The lowest BCUT2D eigenvalue weighted by Crippen LogP contribution is -2.40. The van der Waals surface area contributed by atoms with Gasteiger partial charge in [0.15, 0.2) is 0 Å². The van der Waals surface area contributed by atoms with Gasteiger partial charge in [-0.25, -0.2) is 4.79 Å². The van der Waals surface area contributed by atoms with E-state index in [-0.39, 0.29) is 5.91 Å². The van der Waals surface area contributed by atoms with E-state index >= 15 is 0 Å². The van der Waals surface area contributed by atoms with Crippen molar-refractivity contribution in [3.05, 3.63) is 29.8 Å². The number of likely N-dealkylation sites (tertiary alicyclic amines) is 1. The Morgan fingerprint density at radius 3 is 2.71 bits per heavy atom. The Balaban J connectivity index is 2.27. The number of carbonyl (C=O) groups excluding carboxylic acids is 2. The zero-order valence-corrected chi connectivity index (χ0v) is 12.8. The minimum Gasteiger partial charge on any atom is -0.452 e. The maximum Gasteiger partial charge on any atom is 0.413 e. The number of para-hydroxylation sites is 1. The van der Waals surface area contributed by atoms with Gasteiger partial charge in [-0.2, -0.15) is 0 Å². The Hall–Kier alpha value is -2.04. The molecule has 21 heavy (non-hydrogen) atoms. The zero-order valence-electron chi connectivity index (χ0n) is 12.8. The highest BCUT2D eigenvalue weighted by Crippen LogP contribution is 2.24. The summed E-state index contributed by atoms with van der Waals surface area (Å²) in [5, 5.41) is 0. The number of hydrogen-bond acceptors (Lipinski definition) is 3. The second kappa shape index (κ2) is 6.61. The molecule has 1 aliphatic rings. The summed E-state index contributed by atoms with van der Waals surface area (Å²) in [7, 11) is 2.94. The minimum atomic E-state index is -0.484. The average Bonchev–Trinajstić information content (AvgIpc) is 2.52. The third kappa shape index (κ3) is 3.35. The number of nitrogens with zero attached hydrogens (tertiary/aromatic N) is 2. The first-order valence-electron chi connectivity index (χ1n) is 7.24. The van der Waals surface area contributed by atoms with Gasteiger partial charge in [-0.1, -0.05) is 19.1 Å². The molecule has 0 unspecified atom stereocenters. The van der Waals surface area contributed by atoms with Crippen LogP contribution in [0.3, 0.4) is 0 Å². The second-order valence-corrected chi connectivity index (χ2v) is 5.54. The van der Waals surface area contributed by atoms with Gasteiger partial charge in [-0.3, -0.25) is 9.69 Å². The maximum absolute atomic E-state index is 12.7. The van der Waals surface area contributed by atoms with Gasteiger partial charge in [0, 0.05) is 20.1 Å². The fourth-order valence-corrected chi connectivity index (χ4v) is 2.73. The van der Waals surface area contributed by atoms with Crippen LogP contribution in [0.4, 0.5) is 10.5 Å². The third-order valence-corrected chi connectivity index (χ3v) is 3.89. The molecule has 0 aromatic heterocycles. The molecular weight excluding hydrogens is 268 g/mol. The summed E-state index contributed by atoms with van der Waals surface area (Å²) in [6, 6.07) is 7.15. The van der Waals surface area contributed by atoms with Crippen LogP contribution >= 0.6 is 0 Å². The molecule has 1 fully saturated rings. The largest absolute Gasteiger partial charge is 0.452 e. The lowest BCUT2D eigenvalue weighted by Gasteiger charge is -2.32. The van der Waals surface area contributed by atoms with Crippen LogP contribution in [0.25, 0.3) is 0 Å². The van der Waals surface area contributed by atoms with Gasteiger partial charge in [0.05, 0.1) is 18.4 Å². The Morgan fingerprint density at radius 2 is 2.05 bits per heavy atom. The van der Waals surface area contributed by atoms with Gasteiger partial charge >= 0.3 is 6.09 Å². The van der Waals surface area contributed by atoms with Gasteiger partial charge in [0.2, 0.25) is 0 Å². The molecule has 2 rings (SSSR count). The number of ether oxygens (including phenoxy) is 1. The molecule has 1 atom stereocenters. The average molecular weight is 290 g/mol. The van der Waals surface area contributed by atoms with Crippen LogP contribution in [-0.4, -0.2) is 44.1 Å². The Kier molecular flexibility index (Phi) is 4.83. The molecule has 1 saturated heterocycles. The number of amides is 2. The molecule has 0 N–H and O–H groups in total. The number of benzene rings is 1. The van der Waals surface area contributed by atoms with E-state index < -0.39 is 6.09 Å². The minimum absolute atomic E-state index is 0.0205. The van der Waals surface area contributed by atoms with Gasteiger partial charge in [-0.05, 0) is 30.9 Å². The smallest absolute Gasteiger partial charge is 0.413 e. The van der Waals surface area contributed by atoms with E-state index in [9.17, 15) is 9.59 Å². The highest BCUT2D eigenvalue weighted by molar-refractivity contribution is 6.03. The Morgan fingerprint density at radius 1 is 1.33 bits per heavy atom. The van der Waals surface area contributed by atoms with Crippen molar-refractivity contribution in [3.8, 4) is 0 Å². The molecule has 1 aliphatic heterocycles. The highest BCUT2D eigenvalue weighted by atomic mass is 16.5. The summed E-state index contributed by atoms with van der Waals surface area (Å²) in [5.74, 6) is 0.501. The SMILES string of the molecule is COC(=O)N(C)c1ccccc1C(=O)N1CCC[C@@H](C)C1. The predicted molar refractivity (Wildman–Crippen MR) is 81.6 cm³/mol. The molecule has 0 saturated carbocycles. The van der Waals surface area contributed by atoms with E-state index in [1.54, 1.807) is 19.2 Å². The topological polar surface area (TPSA) is 49.9 Å². The first-order chi connectivity index (χ1) is 10.0. The third-order valence-electron chi connectivity index (χ3n) is 3.89. The van der Waals surface area contributed by atoms with Crippen LogP contribution in [0.1, 0.15) is 30.1 Å². The summed E-state index contributed by atoms with van der Waals surface area (Å²) in [6.45, 7) is 3.71. The number of piperidine rings is 1. The monoisotopic (exact) mass is 290 g/mol. The lowest BCUT2D eigenvalue weighted by atomic mass is 9.99. The quantitative estimate of drug-likeness (QED) is 0.841. The van der Waals surface area contributed by atoms with E-state index in [4.69, 9.17) is 4.74 Å². The van der Waals surface area contributed by atoms with Crippen molar-refractivity contribution in [1.29, 1.82) is 0 Å². The molecule has 0 aliphatic carbocycles. The van der Waals surface area contributed by atoms with E-state index in [1.165, 1.54) is 12.0 Å². The standard InChI is InChI=1S/C16H22N2O3/c1-12-7-6-10-18(11-12)15(19)13-8-4-5-9-14(13)17(2)16(20)21-3/h4-5,8-9,12H,6-7,10-11H2,1-3H3/t12-/m1/s1. The van der Waals surface area contributed by atoms with Crippen LogP contribution in [0.15, 0.2) is 24.3 Å². The molecular formula is C16H22N2O3. The second-order valence-electron chi connectivity index (χ2n) is 5.54. The predicted octanol–water partition coefficient (Wildman–Crippen LogP) is 2.76. The summed E-state index contributed by atoms with van der Waals surface area (Å²) < 4.78 is 4.73. The molecule has 114 valence electrons. The van der Waals surface area contributed by atoms with Crippen molar-refractivity contribution < 1.29 is 14.3 Å². The molecule has 5 nitrogen and oxygen atoms in total. The number of hydrogen-bond donors (Lipinski definition) is 0. The summed E-state index contributed by atoms with van der Waals surface area (Å²) in [6.07, 6.45) is 1.71. The van der Waals surface area contributed by atoms with E-state index in [1.807, 2.05) is 17.0 Å². The molecule has 1 aromatic carbocycles. The fraction of sp³-hybridized carbons (Fsp3) is 0.500. The Labute approximate surface area is 125 Å². The van der Waals surface area contributed by atoms with Gasteiger partial charge in [0.1, 0.15) is 0 Å². The first kappa shape index (κ1) is 15.4. The number of anilines is 1. The lowest BCUT2D eigenvalue weighted by molar-refractivity contribution is 0.0684. The van der Waals surface area contributed by atoms with Crippen LogP contribution < -0.4 is 4.90 Å². The van der Waals surface area contributed by atoms with E-state index in [0.29, 0.717) is 17.2 Å². The van der Waals surface area contributed by atoms with Crippen LogP contribution in [-0.2, 0) is 4.74 Å². The van der Waals surface area contributed by atoms with Crippen molar-refractivity contribution in [2.75, 3.05) is 32.1 Å². The molecule has 0 spiro atoms. The van der Waals surface area contributed by atoms with E-state index in [2.05, 4.69) is 6.92 Å². The molecule has 0 radical (unpaired) electrons. The van der Waals surface area contributed by atoms with Crippen molar-refractivity contribution in [2.45, 2.75) is 19.8 Å². The van der Waals surface area contributed by atoms with Crippen LogP contribution in [0.5, 0.6) is 0 Å². The van der Waals surface area contributed by atoms with Crippen molar-refractivity contribution in [3.63, 3.8) is 0 Å². The van der Waals surface area contributed by atoms with Gasteiger partial charge < -0.3 is 9.64 Å². The van der Waals surface area contributed by atoms with Crippen molar-refractivity contribution in [2.24, 2.45) is 5.92 Å². The van der Waals surface area contributed by atoms with E-state index in [0.717, 1.165) is 25.9 Å². The fourth-order valence-electron chi connectivity index (χ4n) is 2.73. The molecule has 2 amide bonds. The number of methoxy groups -OCH3 is 1. The van der Waals surface area contributed by atoms with Gasteiger partial charge in [-0.15, -0.1) is 0 Å². The number of carbonyl (C=O) groups is 2. The van der Waals surface area contributed by atoms with Crippen LogP contribution in [0.2, 0.25) is 0 Å². The summed E-state index contributed by atoms with van der Waals surface area (Å²) in [4.78, 5) is 27.7. The maximum atomic E-state index is 12.7. The van der Waals surface area contributed by atoms with Crippen LogP contribution in [0, 0.1) is 5.92 Å². The van der Waals surface area contributed by atoms with Crippen molar-refractivity contribution in [1.82, 2.24) is 4.90 Å². The molecule has 1 heterocycles. The summed E-state index contributed by atoms with van der Waals surface area (Å²) in [5.41, 5.74) is 1.12. The molecule has 1 aromatic rings. The first-order valence-corrected chi connectivity index (χ1v) is 7.24. The highest BCUT2D eigenvalue weighted by Gasteiger charge is 2.25. The Bertz CT molecular complexity index is 530. The zero-order chi connectivity index (χ0) is 15.4.